The Morgan fingerprint density at radius 3 is 2.62 bits per heavy atom. The molecule has 0 aliphatic carbocycles. The van der Waals surface area contributed by atoms with E-state index in [1.165, 1.54) is 5.56 Å². The fourth-order valence-electron chi connectivity index (χ4n) is 2.63. The van der Waals surface area contributed by atoms with Gasteiger partial charge in [-0.15, -0.1) is 0 Å². The second-order valence-corrected chi connectivity index (χ2v) is 6.59. The molecular weight excluding hydrogens is 350 g/mol. The number of rotatable bonds is 7. The van der Waals surface area contributed by atoms with Gasteiger partial charge in [0, 0.05) is 24.2 Å². The molecule has 3 aromatic rings. The summed E-state index contributed by atoms with van der Waals surface area (Å²) in [7, 11) is 1.99. The average molecular weight is 370 g/mol. The minimum Gasteiger partial charge on any atom is -0.359 e. The Morgan fingerprint density at radius 2 is 1.85 bits per heavy atom. The maximum absolute atomic E-state index is 12.2. The second kappa shape index (κ2) is 8.65. The summed E-state index contributed by atoms with van der Waals surface area (Å²) in [5.74, 6) is 0.377. The highest BCUT2D eigenvalue weighted by molar-refractivity contribution is 6.30. The van der Waals surface area contributed by atoms with Crippen LogP contribution in [0.25, 0.3) is 0 Å². The third-order valence-corrected chi connectivity index (χ3v) is 4.09. The Hall–Kier alpha value is -2.63. The van der Waals surface area contributed by atoms with Crippen molar-refractivity contribution in [3.63, 3.8) is 0 Å². The molecule has 26 heavy (non-hydrogen) atoms. The third-order valence-electron chi connectivity index (χ3n) is 3.85. The molecule has 0 bridgehead atoms. The number of carbonyl (C=O) groups excluding carboxylic acids is 1. The number of benzene rings is 2. The summed E-state index contributed by atoms with van der Waals surface area (Å²) >= 11 is 5.94. The molecule has 3 rings (SSSR count). The molecule has 0 saturated heterocycles. The zero-order valence-electron chi connectivity index (χ0n) is 14.5. The molecule has 134 valence electrons. The first-order valence-corrected chi connectivity index (χ1v) is 8.68. The van der Waals surface area contributed by atoms with E-state index in [2.05, 4.69) is 27.5 Å². The van der Waals surface area contributed by atoms with Crippen LogP contribution in [-0.4, -0.2) is 23.0 Å². The molecule has 1 heterocycles. The average Bonchev–Trinajstić information content (AvgIpc) is 3.09. The fourth-order valence-corrected chi connectivity index (χ4v) is 2.84. The molecule has 6 heteroatoms. The summed E-state index contributed by atoms with van der Waals surface area (Å²) in [6.45, 7) is 1.75. The van der Waals surface area contributed by atoms with Gasteiger partial charge in [0.25, 0.3) is 5.91 Å². The third kappa shape index (κ3) is 5.18. The van der Waals surface area contributed by atoms with Crippen LogP contribution in [0.5, 0.6) is 0 Å². The van der Waals surface area contributed by atoms with Crippen LogP contribution in [0.2, 0.25) is 5.02 Å². The molecule has 0 aliphatic rings. The van der Waals surface area contributed by atoms with E-state index in [0.717, 1.165) is 12.1 Å². The van der Waals surface area contributed by atoms with Crippen LogP contribution in [0.4, 0.5) is 0 Å². The Bertz CT molecular complexity index is 864. The second-order valence-electron chi connectivity index (χ2n) is 6.15. The van der Waals surface area contributed by atoms with E-state index < -0.39 is 0 Å². The van der Waals surface area contributed by atoms with Crippen LogP contribution in [0.15, 0.2) is 65.2 Å². The number of aromatic nitrogens is 1. The molecule has 0 spiro atoms. The standard InChI is InChI=1S/C20H20ClN3O2/c1-24(13-15-6-3-2-4-7-15)14-18-11-19(23-26-18)20(25)22-12-16-8-5-9-17(21)10-16/h2-11H,12-14H2,1H3,(H,22,25). The van der Waals surface area contributed by atoms with Crippen molar-refractivity contribution in [3.05, 3.63) is 88.3 Å². The molecule has 1 N–H and O–H groups in total. The molecule has 0 unspecified atom stereocenters. The summed E-state index contributed by atoms with van der Waals surface area (Å²) < 4.78 is 5.29. The first kappa shape index (κ1) is 18.2. The molecule has 0 atom stereocenters. The highest BCUT2D eigenvalue weighted by atomic mass is 35.5. The van der Waals surface area contributed by atoms with Gasteiger partial charge < -0.3 is 9.84 Å². The van der Waals surface area contributed by atoms with Crippen molar-refractivity contribution in [2.75, 3.05) is 7.05 Å². The summed E-state index contributed by atoms with van der Waals surface area (Å²) in [6, 6.07) is 19.2. The van der Waals surface area contributed by atoms with Gasteiger partial charge in [0.2, 0.25) is 0 Å². The highest BCUT2D eigenvalue weighted by Gasteiger charge is 2.13. The SMILES string of the molecule is CN(Cc1ccccc1)Cc1cc(C(=O)NCc2cccc(Cl)c2)no1. The molecule has 0 aliphatic heterocycles. The predicted molar refractivity (Wildman–Crippen MR) is 101 cm³/mol. The molecule has 1 aromatic heterocycles. The Kier molecular flexibility index (Phi) is 6.04. The highest BCUT2D eigenvalue weighted by Crippen LogP contribution is 2.12. The Morgan fingerprint density at radius 1 is 1.08 bits per heavy atom. The van der Waals surface area contributed by atoms with E-state index in [0.29, 0.717) is 23.9 Å². The molecule has 0 saturated carbocycles. The van der Waals surface area contributed by atoms with E-state index in [4.69, 9.17) is 16.1 Å². The van der Waals surface area contributed by atoms with Gasteiger partial charge in [0.15, 0.2) is 11.5 Å². The van der Waals surface area contributed by atoms with Gasteiger partial charge >= 0.3 is 0 Å². The number of halogens is 1. The smallest absolute Gasteiger partial charge is 0.273 e. The zero-order chi connectivity index (χ0) is 18.4. The van der Waals surface area contributed by atoms with Crippen LogP contribution in [0.3, 0.4) is 0 Å². The number of hydrogen-bond donors (Lipinski definition) is 1. The summed E-state index contributed by atoms with van der Waals surface area (Å²) in [6.07, 6.45) is 0. The van der Waals surface area contributed by atoms with Crippen molar-refractivity contribution in [2.24, 2.45) is 0 Å². The van der Waals surface area contributed by atoms with Gasteiger partial charge in [-0.05, 0) is 30.3 Å². The summed E-state index contributed by atoms with van der Waals surface area (Å²) in [4.78, 5) is 14.3. The lowest BCUT2D eigenvalue weighted by atomic mass is 10.2. The van der Waals surface area contributed by atoms with E-state index in [1.807, 2.05) is 43.4 Å². The summed E-state index contributed by atoms with van der Waals surface area (Å²) in [5.41, 5.74) is 2.42. The number of nitrogens with zero attached hydrogens (tertiary/aromatic N) is 2. The van der Waals surface area contributed by atoms with Crippen LogP contribution in [0.1, 0.15) is 27.4 Å². The van der Waals surface area contributed by atoms with Crippen molar-refractivity contribution >= 4 is 17.5 Å². The van der Waals surface area contributed by atoms with Crippen molar-refractivity contribution < 1.29 is 9.32 Å². The number of nitrogens with one attached hydrogen (secondary N) is 1. The maximum atomic E-state index is 12.2. The molecule has 1 amide bonds. The van der Waals surface area contributed by atoms with Gasteiger partial charge in [-0.2, -0.15) is 0 Å². The van der Waals surface area contributed by atoms with Crippen molar-refractivity contribution in [1.82, 2.24) is 15.4 Å². The minimum atomic E-state index is -0.273. The summed E-state index contributed by atoms with van der Waals surface area (Å²) in [5, 5.41) is 7.32. The van der Waals surface area contributed by atoms with Crippen LogP contribution in [-0.2, 0) is 19.6 Å². The lowest BCUT2D eigenvalue weighted by Gasteiger charge is -2.14. The Labute approximate surface area is 157 Å². The van der Waals surface area contributed by atoms with Gasteiger partial charge in [-0.3, -0.25) is 9.69 Å². The van der Waals surface area contributed by atoms with Gasteiger partial charge in [0.05, 0.1) is 6.54 Å². The fraction of sp³-hybridized carbons (Fsp3) is 0.200. The van der Waals surface area contributed by atoms with Crippen LogP contribution in [0, 0.1) is 0 Å². The van der Waals surface area contributed by atoms with Crippen molar-refractivity contribution in [3.8, 4) is 0 Å². The minimum absolute atomic E-state index is 0.273. The molecule has 2 aromatic carbocycles. The first-order chi connectivity index (χ1) is 12.6. The molecule has 0 fully saturated rings. The number of hydrogen-bond acceptors (Lipinski definition) is 4. The van der Waals surface area contributed by atoms with E-state index >= 15 is 0 Å². The topological polar surface area (TPSA) is 58.4 Å². The monoisotopic (exact) mass is 369 g/mol. The normalized spacial score (nSPS) is 10.9. The maximum Gasteiger partial charge on any atom is 0.273 e. The van der Waals surface area contributed by atoms with Crippen molar-refractivity contribution in [1.29, 1.82) is 0 Å². The van der Waals surface area contributed by atoms with Gasteiger partial charge in [-0.1, -0.05) is 59.2 Å². The largest absolute Gasteiger partial charge is 0.359 e. The van der Waals surface area contributed by atoms with Crippen LogP contribution < -0.4 is 5.32 Å². The quantitative estimate of drug-likeness (QED) is 0.686. The van der Waals surface area contributed by atoms with E-state index in [-0.39, 0.29) is 11.6 Å². The molecular formula is C20H20ClN3O2. The molecule has 0 radical (unpaired) electrons. The zero-order valence-corrected chi connectivity index (χ0v) is 15.2. The molecule has 5 nitrogen and oxygen atoms in total. The Balaban J connectivity index is 1.52. The number of amides is 1. The van der Waals surface area contributed by atoms with E-state index in [1.54, 1.807) is 12.1 Å². The van der Waals surface area contributed by atoms with Crippen molar-refractivity contribution in [2.45, 2.75) is 19.6 Å². The lowest BCUT2D eigenvalue weighted by molar-refractivity contribution is 0.0941. The van der Waals surface area contributed by atoms with Crippen LogP contribution >= 0.6 is 11.6 Å². The van der Waals surface area contributed by atoms with Gasteiger partial charge in [0.1, 0.15) is 0 Å². The lowest BCUT2D eigenvalue weighted by Crippen LogP contribution is -2.23. The van der Waals surface area contributed by atoms with Gasteiger partial charge in [-0.25, -0.2) is 0 Å². The number of carbonyl (C=O) groups is 1. The first-order valence-electron chi connectivity index (χ1n) is 8.31. The van der Waals surface area contributed by atoms with E-state index in [9.17, 15) is 4.79 Å². The predicted octanol–water partition coefficient (Wildman–Crippen LogP) is 3.89.